The first-order chi connectivity index (χ1) is 6.66. The molecule has 0 bridgehead atoms. The largest absolute Gasteiger partial charge is 0.244 e. The van der Waals surface area contributed by atoms with Crippen molar-refractivity contribution in [2.45, 2.75) is 6.92 Å². The van der Waals surface area contributed by atoms with E-state index >= 15 is 0 Å². The zero-order valence-electron chi connectivity index (χ0n) is 7.42. The summed E-state index contributed by atoms with van der Waals surface area (Å²) in [5.74, 6) is -0.327. The molecule has 1 aromatic heterocycles. The van der Waals surface area contributed by atoms with Gasteiger partial charge in [0.15, 0.2) is 0 Å². The molecule has 0 saturated heterocycles. The Morgan fingerprint density at radius 1 is 1.43 bits per heavy atom. The molecule has 0 fully saturated rings. The molecule has 0 spiro atoms. The third kappa shape index (κ3) is 1.79. The predicted octanol–water partition coefficient (Wildman–Crippen LogP) is 3.91. The molecule has 0 unspecified atom stereocenters. The van der Waals surface area contributed by atoms with Crippen LogP contribution in [-0.4, -0.2) is 4.98 Å². The lowest BCUT2D eigenvalue weighted by molar-refractivity contribution is 0.628. The van der Waals surface area contributed by atoms with Crippen molar-refractivity contribution in [3.05, 3.63) is 40.1 Å². The van der Waals surface area contributed by atoms with Gasteiger partial charge in [-0.1, -0.05) is 11.6 Å². The number of benzene rings is 1. The fourth-order valence-electron chi connectivity index (χ4n) is 1.14. The van der Waals surface area contributed by atoms with Gasteiger partial charge in [-0.05, 0) is 25.1 Å². The number of thiazole rings is 1. The summed E-state index contributed by atoms with van der Waals surface area (Å²) in [7, 11) is 0. The Morgan fingerprint density at radius 3 is 2.79 bits per heavy atom. The highest BCUT2D eigenvalue weighted by Gasteiger charge is 2.07. The van der Waals surface area contributed by atoms with Crippen molar-refractivity contribution < 1.29 is 4.39 Å². The highest BCUT2D eigenvalue weighted by atomic mass is 35.5. The van der Waals surface area contributed by atoms with Crippen molar-refractivity contribution >= 4 is 22.9 Å². The minimum atomic E-state index is -0.327. The number of hydrogen-bond acceptors (Lipinski definition) is 2. The van der Waals surface area contributed by atoms with E-state index in [2.05, 4.69) is 4.98 Å². The maximum Gasteiger partial charge on any atom is 0.125 e. The SMILES string of the molecule is Cc1cnc(-c2ccc(F)cc2Cl)s1. The number of aromatic nitrogens is 1. The molecule has 14 heavy (non-hydrogen) atoms. The van der Waals surface area contributed by atoms with Crippen molar-refractivity contribution in [2.24, 2.45) is 0 Å². The van der Waals surface area contributed by atoms with Gasteiger partial charge in [-0.2, -0.15) is 0 Å². The average molecular weight is 228 g/mol. The van der Waals surface area contributed by atoms with Gasteiger partial charge < -0.3 is 0 Å². The second-order valence-electron chi connectivity index (χ2n) is 2.90. The molecule has 0 aliphatic heterocycles. The second kappa shape index (κ2) is 3.67. The zero-order valence-corrected chi connectivity index (χ0v) is 8.99. The Labute approximate surface area is 90.2 Å². The van der Waals surface area contributed by atoms with Crippen LogP contribution >= 0.6 is 22.9 Å². The molecule has 0 atom stereocenters. The third-order valence-corrected chi connectivity index (χ3v) is 3.04. The molecule has 0 aliphatic rings. The Kier molecular flexibility index (Phi) is 2.52. The van der Waals surface area contributed by atoms with Crippen molar-refractivity contribution in [2.75, 3.05) is 0 Å². The van der Waals surface area contributed by atoms with E-state index in [-0.39, 0.29) is 5.82 Å². The highest BCUT2D eigenvalue weighted by Crippen LogP contribution is 2.31. The topological polar surface area (TPSA) is 12.9 Å². The van der Waals surface area contributed by atoms with Crippen LogP contribution in [0.3, 0.4) is 0 Å². The molecule has 1 heterocycles. The summed E-state index contributed by atoms with van der Waals surface area (Å²) in [6, 6.07) is 4.33. The monoisotopic (exact) mass is 227 g/mol. The molecule has 1 aromatic carbocycles. The summed E-state index contributed by atoms with van der Waals surface area (Å²) >= 11 is 7.44. The molecule has 0 amide bonds. The molecular weight excluding hydrogens is 221 g/mol. The summed E-state index contributed by atoms with van der Waals surface area (Å²) in [4.78, 5) is 5.30. The zero-order chi connectivity index (χ0) is 10.1. The summed E-state index contributed by atoms with van der Waals surface area (Å²) in [5, 5.41) is 1.23. The number of nitrogens with zero attached hydrogens (tertiary/aromatic N) is 1. The van der Waals surface area contributed by atoms with Crippen LogP contribution in [0.15, 0.2) is 24.4 Å². The van der Waals surface area contributed by atoms with Crippen molar-refractivity contribution in [3.63, 3.8) is 0 Å². The van der Waals surface area contributed by atoms with Crippen LogP contribution < -0.4 is 0 Å². The lowest BCUT2D eigenvalue weighted by Crippen LogP contribution is -1.79. The maximum atomic E-state index is 12.8. The molecule has 2 rings (SSSR count). The first kappa shape index (κ1) is 9.62. The van der Waals surface area contributed by atoms with E-state index in [0.717, 1.165) is 15.4 Å². The fourth-order valence-corrected chi connectivity index (χ4v) is 2.26. The molecule has 0 aliphatic carbocycles. The molecule has 1 nitrogen and oxygen atoms in total. The van der Waals surface area contributed by atoms with E-state index in [1.54, 1.807) is 23.6 Å². The number of aryl methyl sites for hydroxylation is 1. The quantitative estimate of drug-likeness (QED) is 0.720. The van der Waals surface area contributed by atoms with Gasteiger partial charge in [-0.3, -0.25) is 0 Å². The van der Waals surface area contributed by atoms with Gasteiger partial charge in [0.05, 0.1) is 5.02 Å². The van der Waals surface area contributed by atoms with Crippen LogP contribution in [0, 0.1) is 12.7 Å². The Hall–Kier alpha value is -0.930. The van der Waals surface area contributed by atoms with Crippen LogP contribution in [0.5, 0.6) is 0 Å². The maximum absolute atomic E-state index is 12.8. The van der Waals surface area contributed by atoms with Gasteiger partial charge in [0, 0.05) is 16.6 Å². The van der Waals surface area contributed by atoms with E-state index in [9.17, 15) is 4.39 Å². The van der Waals surface area contributed by atoms with Crippen LogP contribution in [0.4, 0.5) is 4.39 Å². The summed E-state index contributed by atoms with van der Waals surface area (Å²) in [5.41, 5.74) is 0.783. The molecule has 0 N–H and O–H groups in total. The molecule has 0 saturated carbocycles. The normalized spacial score (nSPS) is 10.5. The molecular formula is C10H7ClFNS. The predicted molar refractivity (Wildman–Crippen MR) is 57.3 cm³/mol. The number of halogens is 2. The first-order valence-corrected chi connectivity index (χ1v) is 5.24. The van der Waals surface area contributed by atoms with Gasteiger partial charge in [-0.15, -0.1) is 11.3 Å². The molecule has 2 aromatic rings. The molecule has 0 radical (unpaired) electrons. The standard InChI is InChI=1S/C10H7ClFNS/c1-6-5-13-10(14-6)8-3-2-7(12)4-9(8)11/h2-5H,1H3. The first-order valence-electron chi connectivity index (χ1n) is 4.04. The molecule has 72 valence electrons. The lowest BCUT2D eigenvalue weighted by Gasteiger charge is -1.99. The average Bonchev–Trinajstić information content (AvgIpc) is 2.51. The van der Waals surface area contributed by atoms with E-state index in [1.165, 1.54) is 12.1 Å². The van der Waals surface area contributed by atoms with Gasteiger partial charge in [0.2, 0.25) is 0 Å². The van der Waals surface area contributed by atoms with E-state index < -0.39 is 0 Å². The van der Waals surface area contributed by atoms with E-state index in [0.29, 0.717) is 5.02 Å². The van der Waals surface area contributed by atoms with E-state index in [4.69, 9.17) is 11.6 Å². The van der Waals surface area contributed by atoms with Gasteiger partial charge >= 0.3 is 0 Å². The van der Waals surface area contributed by atoms with Crippen LogP contribution in [0.2, 0.25) is 5.02 Å². The van der Waals surface area contributed by atoms with Crippen molar-refractivity contribution in [3.8, 4) is 10.6 Å². The van der Waals surface area contributed by atoms with Crippen molar-refractivity contribution in [1.82, 2.24) is 4.98 Å². The van der Waals surface area contributed by atoms with E-state index in [1.807, 2.05) is 6.92 Å². The van der Waals surface area contributed by atoms with Crippen LogP contribution in [-0.2, 0) is 0 Å². The minimum Gasteiger partial charge on any atom is -0.244 e. The second-order valence-corrected chi connectivity index (χ2v) is 4.54. The minimum absolute atomic E-state index is 0.327. The molecule has 4 heteroatoms. The van der Waals surface area contributed by atoms with Crippen LogP contribution in [0.25, 0.3) is 10.6 Å². The van der Waals surface area contributed by atoms with Crippen LogP contribution in [0.1, 0.15) is 4.88 Å². The fraction of sp³-hybridized carbons (Fsp3) is 0.100. The Bertz CT molecular complexity index is 467. The van der Waals surface area contributed by atoms with Gasteiger partial charge in [0.1, 0.15) is 10.8 Å². The smallest absolute Gasteiger partial charge is 0.125 e. The Morgan fingerprint density at radius 2 is 2.21 bits per heavy atom. The van der Waals surface area contributed by atoms with Gasteiger partial charge in [0.25, 0.3) is 0 Å². The lowest BCUT2D eigenvalue weighted by atomic mass is 10.2. The van der Waals surface area contributed by atoms with Gasteiger partial charge in [-0.25, -0.2) is 9.37 Å². The summed E-state index contributed by atoms with van der Waals surface area (Å²) in [6.45, 7) is 1.97. The van der Waals surface area contributed by atoms with Crippen molar-refractivity contribution in [1.29, 1.82) is 0 Å². The third-order valence-electron chi connectivity index (χ3n) is 1.78. The number of rotatable bonds is 1. The Balaban J connectivity index is 2.52. The summed E-state index contributed by atoms with van der Waals surface area (Å²) < 4.78 is 12.8. The number of hydrogen-bond donors (Lipinski definition) is 0. The summed E-state index contributed by atoms with van der Waals surface area (Å²) in [6.07, 6.45) is 1.78. The highest BCUT2D eigenvalue weighted by molar-refractivity contribution is 7.15.